The predicted molar refractivity (Wildman–Crippen MR) is 112 cm³/mol. The van der Waals surface area contributed by atoms with Gasteiger partial charge in [-0.05, 0) is 24.6 Å². The van der Waals surface area contributed by atoms with Gasteiger partial charge in [-0.15, -0.1) is 35.3 Å². The normalized spacial score (nSPS) is 11.7. The fourth-order valence-electron chi connectivity index (χ4n) is 2.12. The Morgan fingerprint density at radius 1 is 1.30 bits per heavy atom. The highest BCUT2D eigenvalue weighted by atomic mass is 127. The second-order valence-electron chi connectivity index (χ2n) is 5.52. The van der Waals surface area contributed by atoms with E-state index in [0.29, 0.717) is 19.0 Å². The molecule has 0 atom stereocenters. The molecule has 1 aromatic heterocycles. The molecule has 0 fully saturated rings. The lowest BCUT2D eigenvalue weighted by Crippen LogP contribution is -2.37. The Bertz CT molecular complexity index is 737. The van der Waals surface area contributed by atoms with Crippen LogP contribution in [0.4, 0.5) is 13.2 Å². The van der Waals surface area contributed by atoms with E-state index in [4.69, 9.17) is 4.74 Å². The van der Waals surface area contributed by atoms with Crippen molar-refractivity contribution in [3.8, 4) is 5.75 Å². The van der Waals surface area contributed by atoms with Gasteiger partial charge in [-0.25, -0.2) is 4.98 Å². The number of aromatic nitrogens is 1. The molecule has 0 aliphatic rings. The molecule has 2 N–H and O–H groups in total. The quantitative estimate of drug-likeness (QED) is 0.334. The topological polar surface area (TPSA) is 58.5 Å². The van der Waals surface area contributed by atoms with Crippen LogP contribution in [-0.2, 0) is 13.0 Å². The smallest absolute Gasteiger partial charge is 0.422 e. The number of nitrogens with one attached hydrogen (secondary N) is 2. The van der Waals surface area contributed by atoms with Crippen LogP contribution in [0.15, 0.2) is 35.5 Å². The van der Waals surface area contributed by atoms with Crippen LogP contribution >= 0.6 is 35.3 Å². The summed E-state index contributed by atoms with van der Waals surface area (Å²) in [6.07, 6.45) is -1.71. The van der Waals surface area contributed by atoms with Gasteiger partial charge in [0.05, 0.1) is 5.01 Å². The highest BCUT2D eigenvalue weighted by Crippen LogP contribution is 2.19. The lowest BCUT2D eigenvalue weighted by atomic mass is 10.2. The third-order valence-electron chi connectivity index (χ3n) is 3.28. The van der Waals surface area contributed by atoms with Crippen molar-refractivity contribution in [2.45, 2.75) is 26.1 Å². The van der Waals surface area contributed by atoms with E-state index in [-0.39, 0.29) is 29.7 Å². The third kappa shape index (κ3) is 9.27. The molecule has 10 heteroatoms. The van der Waals surface area contributed by atoms with Gasteiger partial charge in [0.15, 0.2) is 12.6 Å². The van der Waals surface area contributed by atoms with Crippen molar-refractivity contribution in [3.05, 3.63) is 45.9 Å². The highest BCUT2D eigenvalue weighted by Gasteiger charge is 2.28. The van der Waals surface area contributed by atoms with Crippen molar-refractivity contribution in [3.63, 3.8) is 0 Å². The molecule has 27 heavy (non-hydrogen) atoms. The molecule has 0 unspecified atom stereocenters. The number of halogens is 4. The van der Waals surface area contributed by atoms with E-state index in [1.807, 2.05) is 13.1 Å². The lowest BCUT2D eigenvalue weighted by Gasteiger charge is -2.13. The monoisotopic (exact) mass is 514 g/mol. The molecule has 0 saturated carbocycles. The number of rotatable bonds is 7. The Balaban J connectivity index is 0.00000364. The Morgan fingerprint density at radius 2 is 2.07 bits per heavy atom. The largest absolute Gasteiger partial charge is 0.484 e. The number of aliphatic imine (C=N–C) groups is 1. The van der Waals surface area contributed by atoms with Crippen molar-refractivity contribution < 1.29 is 17.9 Å². The van der Waals surface area contributed by atoms with Crippen LogP contribution in [0.5, 0.6) is 5.75 Å². The van der Waals surface area contributed by atoms with Crippen molar-refractivity contribution in [2.75, 3.05) is 20.2 Å². The van der Waals surface area contributed by atoms with E-state index in [0.717, 1.165) is 17.0 Å². The molecule has 5 nitrogen and oxygen atoms in total. The average Bonchev–Trinajstić information content (AvgIpc) is 3.01. The summed E-state index contributed by atoms with van der Waals surface area (Å²) in [5.74, 6) is 0.795. The van der Waals surface area contributed by atoms with Crippen molar-refractivity contribution in [1.29, 1.82) is 0 Å². The minimum absolute atomic E-state index is 0. The van der Waals surface area contributed by atoms with Gasteiger partial charge in [0.25, 0.3) is 0 Å². The minimum atomic E-state index is -4.35. The van der Waals surface area contributed by atoms with Crippen molar-refractivity contribution in [1.82, 2.24) is 15.6 Å². The van der Waals surface area contributed by atoms with E-state index in [1.54, 1.807) is 36.6 Å². The second kappa shape index (κ2) is 11.3. The van der Waals surface area contributed by atoms with Gasteiger partial charge in [0.2, 0.25) is 0 Å². The van der Waals surface area contributed by atoms with Crippen LogP contribution < -0.4 is 15.4 Å². The summed E-state index contributed by atoms with van der Waals surface area (Å²) in [6, 6.07) is 6.53. The van der Waals surface area contributed by atoms with E-state index >= 15 is 0 Å². The summed E-state index contributed by atoms with van der Waals surface area (Å²) in [6.45, 7) is 1.81. The predicted octanol–water partition coefficient (Wildman–Crippen LogP) is 3.92. The van der Waals surface area contributed by atoms with Crippen LogP contribution in [0.1, 0.15) is 15.4 Å². The third-order valence-corrected chi connectivity index (χ3v) is 4.26. The number of guanidine groups is 1. The molecule has 0 aliphatic heterocycles. The van der Waals surface area contributed by atoms with Crippen molar-refractivity contribution >= 4 is 41.3 Å². The summed E-state index contributed by atoms with van der Waals surface area (Å²) >= 11 is 1.66. The lowest BCUT2D eigenvalue weighted by molar-refractivity contribution is -0.153. The SMILES string of the molecule is CN=C(NCCc1ncc(C)s1)NCc1cccc(OCC(F)(F)F)c1.I. The highest BCUT2D eigenvalue weighted by molar-refractivity contribution is 14.0. The van der Waals surface area contributed by atoms with Crippen LogP contribution in [0.25, 0.3) is 0 Å². The maximum absolute atomic E-state index is 12.2. The molecule has 150 valence electrons. The van der Waals surface area contributed by atoms with E-state index in [9.17, 15) is 13.2 Å². The maximum atomic E-state index is 12.2. The molecule has 0 amide bonds. The number of aryl methyl sites for hydroxylation is 1. The first kappa shape index (κ1) is 23.5. The Kier molecular flexibility index (Phi) is 9.84. The summed E-state index contributed by atoms with van der Waals surface area (Å²) in [5, 5.41) is 7.36. The van der Waals surface area contributed by atoms with Crippen LogP contribution in [0.2, 0.25) is 0 Å². The molecule has 1 aromatic carbocycles. The fourth-order valence-corrected chi connectivity index (χ4v) is 2.91. The van der Waals surface area contributed by atoms with Gasteiger partial charge in [-0.1, -0.05) is 12.1 Å². The number of hydrogen-bond acceptors (Lipinski definition) is 4. The van der Waals surface area contributed by atoms with Gasteiger partial charge in [-0.3, -0.25) is 4.99 Å². The zero-order valence-electron chi connectivity index (χ0n) is 15.0. The van der Waals surface area contributed by atoms with Gasteiger partial charge in [0.1, 0.15) is 5.75 Å². The van der Waals surface area contributed by atoms with Gasteiger partial charge in [-0.2, -0.15) is 13.2 Å². The molecule has 0 saturated heterocycles. The number of nitrogens with zero attached hydrogens (tertiary/aromatic N) is 2. The second-order valence-corrected chi connectivity index (χ2v) is 6.84. The van der Waals surface area contributed by atoms with Gasteiger partial charge >= 0.3 is 6.18 Å². The molecular weight excluding hydrogens is 492 g/mol. The molecule has 0 spiro atoms. The summed E-state index contributed by atoms with van der Waals surface area (Å²) in [5.41, 5.74) is 0.795. The van der Waals surface area contributed by atoms with Crippen molar-refractivity contribution in [2.24, 2.45) is 4.99 Å². The zero-order chi connectivity index (χ0) is 19.0. The van der Waals surface area contributed by atoms with Gasteiger partial charge < -0.3 is 15.4 Å². The molecule has 0 radical (unpaired) electrons. The van der Waals surface area contributed by atoms with Crippen LogP contribution in [0, 0.1) is 6.92 Å². The van der Waals surface area contributed by atoms with E-state index in [1.165, 1.54) is 10.9 Å². The minimum Gasteiger partial charge on any atom is -0.484 e. The molecule has 0 bridgehead atoms. The molecular formula is C17H22F3IN4OS. The summed E-state index contributed by atoms with van der Waals surface area (Å²) in [7, 11) is 1.66. The first-order valence-corrected chi connectivity index (χ1v) is 8.81. The van der Waals surface area contributed by atoms with Gasteiger partial charge in [0, 0.05) is 37.6 Å². The maximum Gasteiger partial charge on any atom is 0.422 e. The van der Waals surface area contributed by atoms with E-state index in [2.05, 4.69) is 20.6 Å². The Labute approximate surface area is 177 Å². The standard InChI is InChI=1S/C17H21F3N4OS.HI/c1-12-9-23-15(26-12)6-7-22-16(21-2)24-10-13-4-3-5-14(8-13)25-11-17(18,19)20;/h3-5,8-9H,6-7,10-11H2,1-2H3,(H2,21,22,24);1H. The molecule has 1 heterocycles. The molecule has 2 rings (SSSR count). The number of ether oxygens (including phenoxy) is 1. The number of thiazole rings is 1. The zero-order valence-corrected chi connectivity index (χ0v) is 18.1. The van der Waals surface area contributed by atoms with Crippen LogP contribution in [-0.4, -0.2) is 37.3 Å². The number of benzene rings is 1. The first-order valence-electron chi connectivity index (χ1n) is 8.00. The van der Waals surface area contributed by atoms with E-state index < -0.39 is 12.8 Å². The molecule has 2 aromatic rings. The Hall–Kier alpha value is -1.56. The first-order chi connectivity index (χ1) is 12.4. The fraction of sp³-hybridized carbons (Fsp3) is 0.412. The number of hydrogen-bond donors (Lipinski definition) is 2. The Morgan fingerprint density at radius 3 is 2.70 bits per heavy atom. The van der Waals surface area contributed by atoms with Crippen LogP contribution in [0.3, 0.4) is 0 Å². The average molecular weight is 514 g/mol. The molecule has 0 aliphatic carbocycles. The summed E-state index contributed by atoms with van der Waals surface area (Å²) < 4.78 is 41.4. The number of alkyl halides is 3. The summed E-state index contributed by atoms with van der Waals surface area (Å²) in [4.78, 5) is 9.60.